The highest BCUT2D eigenvalue weighted by atomic mass is 79.9. The third-order valence-corrected chi connectivity index (χ3v) is 21.8. The van der Waals surface area contributed by atoms with Crippen LogP contribution in [0.15, 0.2) is 264 Å². The molecule has 13 aromatic rings. The summed E-state index contributed by atoms with van der Waals surface area (Å²) in [5.74, 6) is 0. The first-order valence-electron chi connectivity index (χ1n) is 36.3. The van der Waals surface area contributed by atoms with Gasteiger partial charge in [-0.25, -0.2) is 19.3 Å². The van der Waals surface area contributed by atoms with Gasteiger partial charge < -0.3 is 10.0 Å². The van der Waals surface area contributed by atoms with Gasteiger partial charge in [0, 0.05) is 37.5 Å². The maximum atomic E-state index is 9.62. The Labute approximate surface area is 745 Å². The average Bonchev–Trinajstić information content (AvgIpc) is 1.36. The molecule has 2 aromatic heterocycles. The maximum absolute atomic E-state index is 9.62. The third kappa shape index (κ3) is 31.8. The van der Waals surface area contributed by atoms with Crippen molar-refractivity contribution in [2.24, 2.45) is 0 Å². The summed E-state index contributed by atoms with van der Waals surface area (Å²) in [5, 5.41) is 77.7. The van der Waals surface area contributed by atoms with Crippen LogP contribution in [0.5, 0.6) is 0 Å². The zero-order valence-electron chi connectivity index (χ0n) is 66.5. The molecule has 0 saturated carbocycles. The Morgan fingerprint density at radius 1 is 0.348 bits per heavy atom. The zero-order chi connectivity index (χ0) is 84.8. The van der Waals surface area contributed by atoms with Gasteiger partial charge in [-0.1, -0.05) is 249 Å². The SMILES string of the molecule is CC(C)(C#N)c1cc(Br)cc(CBr)c1.CC(C)(C#N)c1cc(Br)cc(Cn2cncn2)c1.CC(C)(C#N)c1cc(Cn2cncn2)cc(-c2ccc3ccccc3c2)c1.Cc1cc(Br)cc(C(C)(C)C#N)c1.Cc1cc(Br)cc(CBr)c1.Cc1cc(Br)cc(CC#N)c1.Cc1cc(C)cc(Br)c1.OB(O)c1ccc2ccccc2c1. The van der Waals surface area contributed by atoms with Crippen molar-refractivity contribution in [3.8, 4) is 41.5 Å². The lowest BCUT2D eigenvalue weighted by atomic mass is 9.79. The molecule has 2 heterocycles. The Hall–Kier alpha value is -8.51. The number of halogens is 8. The van der Waals surface area contributed by atoms with Crippen LogP contribution in [0.25, 0.3) is 32.7 Å². The zero-order valence-corrected chi connectivity index (χ0v) is 79.2. The van der Waals surface area contributed by atoms with E-state index < -0.39 is 28.8 Å². The van der Waals surface area contributed by atoms with Crippen molar-refractivity contribution >= 4 is 162 Å². The molecule has 13 rings (SSSR count). The highest BCUT2D eigenvalue weighted by Gasteiger charge is 2.24. The summed E-state index contributed by atoms with van der Waals surface area (Å²) in [6.45, 7) is 27.0. The smallest absolute Gasteiger partial charge is 0.423 e. The van der Waals surface area contributed by atoms with Crippen molar-refractivity contribution in [2.75, 3.05) is 0 Å². The number of alkyl halides is 2. The Balaban J connectivity index is 0.000000210. The Morgan fingerprint density at radius 3 is 1.09 bits per heavy atom. The molecule has 0 spiro atoms. The molecular formula is C93H90BBr8N11O2. The fourth-order valence-corrected chi connectivity index (χ4v) is 15.8. The van der Waals surface area contributed by atoms with E-state index in [-0.39, 0.29) is 0 Å². The molecule has 0 unspecified atom stereocenters. The first kappa shape index (κ1) is 95.3. The highest BCUT2D eigenvalue weighted by molar-refractivity contribution is 9.11. The van der Waals surface area contributed by atoms with Gasteiger partial charge in [-0.3, -0.25) is 0 Å². The molecule has 0 bridgehead atoms. The van der Waals surface area contributed by atoms with E-state index in [2.05, 4.69) is 296 Å². The summed E-state index contributed by atoms with van der Waals surface area (Å²) in [4.78, 5) is 7.94. The highest BCUT2D eigenvalue weighted by Crippen LogP contribution is 2.34. The molecule has 11 aromatic carbocycles. The van der Waals surface area contributed by atoms with E-state index in [0.29, 0.717) is 25.0 Å². The monoisotopic (exact) mass is 2040 g/mol. The van der Waals surface area contributed by atoms with Crippen LogP contribution in [0.1, 0.15) is 133 Å². The van der Waals surface area contributed by atoms with E-state index in [1.165, 1.54) is 66.8 Å². The van der Waals surface area contributed by atoms with Crippen molar-refractivity contribution in [2.45, 2.75) is 142 Å². The van der Waals surface area contributed by atoms with Crippen LogP contribution in [0.3, 0.4) is 0 Å². The molecule has 0 atom stereocenters. The van der Waals surface area contributed by atoms with Gasteiger partial charge in [0.2, 0.25) is 0 Å². The molecule has 0 aliphatic heterocycles. The fourth-order valence-electron chi connectivity index (χ4n) is 11.4. The second-order valence-corrected chi connectivity index (χ2v) is 36.1. The molecule has 115 heavy (non-hydrogen) atoms. The predicted molar refractivity (Wildman–Crippen MR) is 499 cm³/mol. The van der Waals surface area contributed by atoms with Crippen LogP contribution in [-0.4, -0.2) is 46.7 Å². The first-order chi connectivity index (χ1) is 54.4. The van der Waals surface area contributed by atoms with E-state index in [9.17, 15) is 10.5 Å². The molecule has 0 aliphatic rings. The van der Waals surface area contributed by atoms with Gasteiger partial charge in [-0.15, -0.1) is 0 Å². The van der Waals surface area contributed by atoms with E-state index >= 15 is 0 Å². The lowest BCUT2D eigenvalue weighted by molar-refractivity contribution is 0.426. The maximum Gasteiger partial charge on any atom is 0.488 e. The molecular weight excluding hydrogens is 1950 g/mol. The number of rotatable bonds is 13. The van der Waals surface area contributed by atoms with Gasteiger partial charge >= 0.3 is 7.12 Å². The standard InChI is InChI=1S/C23H20N4.C13H13BrN4.C11H11Br2N.C11H12BrN.C10H9BO2.C9H8BrN.C8H8Br2.C8H9Br/c1-23(2,14-24)22-10-17(13-27-16-25-15-26-27)9-21(12-22)20-8-7-18-5-3-4-6-19(18)11-20;1-13(2,7-15)11-3-10(4-12(14)5-11)6-18-9-16-8-17-18;1-11(2,7-14)9-3-8(6-12)4-10(13)5-9;1-8-4-9(6-10(12)5-8)11(2,3)7-13;12-11(13)10-6-5-8-3-1-2-4-9(8)7-10;1-7-4-8(2-3-11)6-9(10)5-7;1-6-2-7(5-9)4-8(10)3-6;1-6-3-7(2)5-8(9)4-6/h3-12,15-16H,13H2,1-2H3;3-5,8-9H,6H2,1-2H3;3-5H,6H2,1-2H3;4-6H,1-3H3;1-7,12-13H;4-6H,2H2,1H3;2-4H,5H2,1H3;3-5H,1-2H3. The molecule has 0 aliphatic carbocycles. The number of aromatic nitrogens is 6. The van der Waals surface area contributed by atoms with Crippen LogP contribution in [-0.2, 0) is 51.8 Å². The Kier molecular flexibility index (Phi) is 38.0. The Bertz CT molecular complexity index is 5510. The van der Waals surface area contributed by atoms with Crippen molar-refractivity contribution in [1.29, 1.82) is 26.3 Å². The average molecular weight is 2040 g/mol. The minimum atomic E-state index is -1.38. The lowest BCUT2D eigenvalue weighted by Crippen LogP contribution is -2.29. The summed E-state index contributed by atoms with van der Waals surface area (Å²) in [6.07, 6.45) is 6.92. The summed E-state index contributed by atoms with van der Waals surface area (Å²) in [7, 11) is -1.38. The minimum Gasteiger partial charge on any atom is -0.423 e. The summed E-state index contributed by atoms with van der Waals surface area (Å²) >= 11 is 27.4. The summed E-state index contributed by atoms with van der Waals surface area (Å²) in [5.41, 5.74) is 17.0. The van der Waals surface area contributed by atoms with Crippen molar-refractivity contribution in [1.82, 2.24) is 29.5 Å². The number of aryl methyl sites for hydroxylation is 5. The largest absolute Gasteiger partial charge is 0.488 e. The van der Waals surface area contributed by atoms with Gasteiger partial charge in [0.05, 0.1) is 71.5 Å². The molecule has 0 radical (unpaired) electrons. The third-order valence-electron chi connectivity index (χ3n) is 17.7. The van der Waals surface area contributed by atoms with Gasteiger partial charge in [0.15, 0.2) is 0 Å². The van der Waals surface area contributed by atoms with E-state index in [0.717, 1.165) is 93.9 Å². The van der Waals surface area contributed by atoms with Crippen LogP contribution < -0.4 is 5.46 Å². The molecule has 13 nitrogen and oxygen atoms in total. The van der Waals surface area contributed by atoms with E-state index in [1.807, 2.05) is 172 Å². The molecule has 0 amide bonds. The number of nitriles is 5. The van der Waals surface area contributed by atoms with Crippen LogP contribution >= 0.6 is 127 Å². The number of fused-ring (bicyclic) bond motifs is 2. The van der Waals surface area contributed by atoms with Gasteiger partial charge in [-0.05, 0) is 297 Å². The van der Waals surface area contributed by atoms with Gasteiger partial charge in [0.1, 0.15) is 25.3 Å². The second kappa shape index (κ2) is 45.9. The molecule has 0 saturated heterocycles. The number of benzene rings is 11. The van der Waals surface area contributed by atoms with Crippen LogP contribution in [0.4, 0.5) is 0 Å². The van der Waals surface area contributed by atoms with Crippen molar-refractivity contribution < 1.29 is 10.0 Å². The summed E-state index contributed by atoms with van der Waals surface area (Å²) < 4.78 is 9.94. The van der Waals surface area contributed by atoms with Crippen LogP contribution in [0, 0.1) is 91.3 Å². The second-order valence-electron chi connectivity index (χ2n) is 29.5. The van der Waals surface area contributed by atoms with Crippen LogP contribution in [0.2, 0.25) is 0 Å². The number of nitrogens with zero attached hydrogens (tertiary/aromatic N) is 11. The molecule has 2 N–H and O–H groups in total. The fraction of sp³-hybridized carbons (Fsp3) is 0.237. The molecule has 588 valence electrons. The quantitative estimate of drug-likeness (QED) is 0.0816. The van der Waals surface area contributed by atoms with Crippen molar-refractivity contribution in [3.05, 3.63) is 342 Å². The molecule has 22 heteroatoms. The lowest BCUT2D eigenvalue weighted by Gasteiger charge is -2.19. The van der Waals surface area contributed by atoms with Crippen molar-refractivity contribution in [3.63, 3.8) is 0 Å². The normalized spacial score (nSPS) is 10.7. The first-order valence-corrected chi connectivity index (χ1v) is 43.3. The summed E-state index contributed by atoms with van der Waals surface area (Å²) in [6, 6.07) is 82.8. The van der Waals surface area contributed by atoms with Gasteiger partial charge in [-0.2, -0.15) is 36.5 Å². The van der Waals surface area contributed by atoms with E-state index in [1.54, 1.807) is 34.2 Å². The number of hydrogen-bond acceptors (Lipinski definition) is 11. The molecule has 0 fully saturated rings. The number of hydrogen-bond donors (Lipinski definition) is 2. The minimum absolute atomic E-state index is 0.408. The topological polar surface area (TPSA) is 221 Å². The van der Waals surface area contributed by atoms with Gasteiger partial charge in [0.25, 0.3) is 0 Å². The predicted octanol–water partition coefficient (Wildman–Crippen LogP) is 25.6. The van der Waals surface area contributed by atoms with E-state index in [4.69, 9.17) is 25.8 Å². The Morgan fingerprint density at radius 2 is 0.687 bits per heavy atom.